The minimum Gasteiger partial charge on any atom is -0.344 e. The van der Waals surface area contributed by atoms with Crippen LogP contribution in [0.2, 0.25) is 0 Å². The molecule has 1 aliphatic heterocycles. The van der Waals surface area contributed by atoms with Gasteiger partial charge in [-0.3, -0.25) is 9.59 Å². The molecule has 0 bridgehead atoms. The van der Waals surface area contributed by atoms with Crippen molar-refractivity contribution < 1.29 is 9.59 Å². The van der Waals surface area contributed by atoms with E-state index in [0.29, 0.717) is 6.54 Å². The molecule has 5 nitrogen and oxygen atoms in total. The van der Waals surface area contributed by atoms with Crippen LogP contribution >= 0.6 is 0 Å². The number of fused-ring (bicyclic) bond motifs is 1. The van der Waals surface area contributed by atoms with Crippen molar-refractivity contribution in [3.8, 4) is 0 Å². The zero-order chi connectivity index (χ0) is 18.7. The van der Waals surface area contributed by atoms with Crippen molar-refractivity contribution in [1.29, 1.82) is 0 Å². The Kier molecular flexibility index (Phi) is 5.09. The summed E-state index contributed by atoms with van der Waals surface area (Å²) in [6.07, 6.45) is 0. The van der Waals surface area contributed by atoms with Gasteiger partial charge in [0.1, 0.15) is 0 Å². The molecule has 0 saturated carbocycles. The second kappa shape index (κ2) is 7.30. The molecule has 2 aromatic carbocycles. The number of rotatable bonds is 5. The molecule has 1 aliphatic rings. The van der Waals surface area contributed by atoms with Crippen molar-refractivity contribution in [1.82, 2.24) is 10.6 Å². The molecular formula is C21H25N3O2. The molecule has 0 fully saturated rings. The van der Waals surface area contributed by atoms with Crippen molar-refractivity contribution in [2.75, 3.05) is 18.4 Å². The number of carbonyl (C=O) groups excluding carboxylic acids is 2. The number of anilines is 1. The summed E-state index contributed by atoms with van der Waals surface area (Å²) in [5.41, 5.74) is 3.35. The van der Waals surface area contributed by atoms with E-state index >= 15 is 0 Å². The van der Waals surface area contributed by atoms with Crippen LogP contribution in [0.25, 0.3) is 0 Å². The first-order valence-corrected chi connectivity index (χ1v) is 8.94. The minimum absolute atomic E-state index is 0.0178. The second-order valence-electron chi connectivity index (χ2n) is 7.07. The Bertz CT molecular complexity index is 812. The van der Waals surface area contributed by atoms with Gasteiger partial charge in [0, 0.05) is 5.69 Å². The van der Waals surface area contributed by atoms with E-state index < -0.39 is 5.41 Å². The summed E-state index contributed by atoms with van der Waals surface area (Å²) in [7, 11) is 0. The maximum absolute atomic E-state index is 12.6. The number of hydrogen-bond acceptors (Lipinski definition) is 3. The largest absolute Gasteiger partial charge is 0.344 e. The third kappa shape index (κ3) is 3.48. The highest BCUT2D eigenvalue weighted by Crippen LogP contribution is 2.38. The van der Waals surface area contributed by atoms with Crippen molar-refractivity contribution in [2.24, 2.45) is 0 Å². The topological polar surface area (TPSA) is 70.2 Å². The Hall–Kier alpha value is -2.66. The zero-order valence-electron chi connectivity index (χ0n) is 15.4. The van der Waals surface area contributed by atoms with Crippen molar-refractivity contribution >= 4 is 17.5 Å². The summed E-state index contributed by atoms with van der Waals surface area (Å²) in [5.74, 6) is -0.0538. The fraction of sp³-hybridized carbons (Fsp3) is 0.333. The van der Waals surface area contributed by atoms with Crippen LogP contribution in [0, 0.1) is 0 Å². The van der Waals surface area contributed by atoms with Crippen LogP contribution in [-0.2, 0) is 15.0 Å². The van der Waals surface area contributed by atoms with E-state index in [2.05, 4.69) is 22.0 Å². The average molecular weight is 351 g/mol. The predicted molar refractivity (Wildman–Crippen MR) is 103 cm³/mol. The molecule has 0 radical (unpaired) electrons. The molecule has 136 valence electrons. The van der Waals surface area contributed by atoms with E-state index in [0.717, 1.165) is 28.9 Å². The Labute approximate surface area is 154 Å². The van der Waals surface area contributed by atoms with Crippen LogP contribution in [0.3, 0.4) is 0 Å². The first-order chi connectivity index (χ1) is 12.4. The molecule has 0 unspecified atom stereocenters. The molecule has 1 heterocycles. The molecule has 0 aliphatic carbocycles. The van der Waals surface area contributed by atoms with Crippen LogP contribution in [0.15, 0.2) is 48.5 Å². The Morgan fingerprint density at radius 2 is 1.81 bits per heavy atom. The molecule has 5 heteroatoms. The first kappa shape index (κ1) is 18.1. The number of nitrogens with one attached hydrogen (secondary N) is 3. The number of likely N-dealkylation sites (N-methyl/N-ethyl adjacent to an activating group) is 1. The van der Waals surface area contributed by atoms with E-state index in [-0.39, 0.29) is 17.9 Å². The normalized spacial score (nSPS) is 18.0. The highest BCUT2D eigenvalue weighted by Gasteiger charge is 2.39. The summed E-state index contributed by atoms with van der Waals surface area (Å²) >= 11 is 0. The van der Waals surface area contributed by atoms with E-state index in [9.17, 15) is 9.59 Å². The lowest BCUT2D eigenvalue weighted by Gasteiger charge is -2.37. The van der Waals surface area contributed by atoms with E-state index in [1.807, 2.05) is 63.2 Å². The van der Waals surface area contributed by atoms with Gasteiger partial charge in [-0.1, -0.05) is 43.3 Å². The molecule has 26 heavy (non-hydrogen) atoms. The summed E-state index contributed by atoms with van der Waals surface area (Å²) in [5, 5.41) is 8.99. The summed E-state index contributed by atoms with van der Waals surface area (Å²) in [6, 6.07) is 15.5. The lowest BCUT2D eigenvalue weighted by molar-refractivity contribution is -0.127. The second-order valence-corrected chi connectivity index (χ2v) is 7.07. The maximum atomic E-state index is 12.6. The summed E-state index contributed by atoms with van der Waals surface area (Å²) in [6.45, 7) is 6.89. The lowest BCUT2D eigenvalue weighted by atomic mass is 9.75. The highest BCUT2D eigenvalue weighted by atomic mass is 16.2. The standard InChI is InChI=1S/C21H25N3O2/c1-4-22-13-18(25)23-15-11-9-14(10-12-15)19-16-7-5-6-8-17(16)21(2,3)20(26)24-19/h5-12,19,22H,4,13H2,1-3H3,(H,23,25)(H,24,26)/t19-/m1/s1. The van der Waals surface area contributed by atoms with Crippen LogP contribution in [0.1, 0.15) is 43.5 Å². The van der Waals surface area contributed by atoms with E-state index in [1.54, 1.807) is 0 Å². The smallest absolute Gasteiger partial charge is 0.238 e. The van der Waals surface area contributed by atoms with Gasteiger partial charge in [-0.2, -0.15) is 0 Å². The van der Waals surface area contributed by atoms with E-state index in [1.165, 1.54) is 0 Å². The molecule has 2 aromatic rings. The molecule has 3 rings (SSSR count). The van der Waals surface area contributed by atoms with Gasteiger partial charge < -0.3 is 16.0 Å². The molecule has 2 amide bonds. The Balaban J connectivity index is 1.83. The van der Waals surface area contributed by atoms with Gasteiger partial charge in [0.25, 0.3) is 0 Å². The third-order valence-electron chi connectivity index (χ3n) is 4.85. The molecule has 3 N–H and O–H groups in total. The van der Waals surface area contributed by atoms with Gasteiger partial charge in [0.15, 0.2) is 0 Å². The average Bonchev–Trinajstić information content (AvgIpc) is 2.64. The van der Waals surface area contributed by atoms with Gasteiger partial charge in [0.05, 0.1) is 18.0 Å². The monoisotopic (exact) mass is 351 g/mol. The van der Waals surface area contributed by atoms with Crippen molar-refractivity contribution in [3.05, 3.63) is 65.2 Å². The Morgan fingerprint density at radius 1 is 1.12 bits per heavy atom. The molecule has 0 aromatic heterocycles. The van der Waals surface area contributed by atoms with Crippen LogP contribution in [-0.4, -0.2) is 24.9 Å². The molecular weight excluding hydrogens is 326 g/mol. The number of benzene rings is 2. The number of carbonyl (C=O) groups is 2. The lowest BCUT2D eigenvalue weighted by Crippen LogP contribution is -2.47. The van der Waals surface area contributed by atoms with Gasteiger partial charge >= 0.3 is 0 Å². The van der Waals surface area contributed by atoms with Crippen molar-refractivity contribution in [2.45, 2.75) is 32.2 Å². The number of hydrogen-bond donors (Lipinski definition) is 3. The van der Waals surface area contributed by atoms with E-state index in [4.69, 9.17) is 0 Å². The molecule has 0 saturated heterocycles. The fourth-order valence-corrected chi connectivity index (χ4v) is 3.30. The quantitative estimate of drug-likeness (QED) is 0.776. The fourth-order valence-electron chi connectivity index (χ4n) is 3.30. The van der Waals surface area contributed by atoms with Gasteiger partial charge in [-0.25, -0.2) is 0 Å². The maximum Gasteiger partial charge on any atom is 0.238 e. The SMILES string of the molecule is CCNCC(=O)Nc1ccc([C@H]2NC(=O)C(C)(C)c3ccccc32)cc1. The van der Waals surface area contributed by atoms with Crippen LogP contribution in [0.4, 0.5) is 5.69 Å². The zero-order valence-corrected chi connectivity index (χ0v) is 15.4. The summed E-state index contributed by atoms with van der Waals surface area (Å²) in [4.78, 5) is 24.4. The molecule has 0 spiro atoms. The van der Waals surface area contributed by atoms with Crippen molar-refractivity contribution in [3.63, 3.8) is 0 Å². The highest BCUT2D eigenvalue weighted by molar-refractivity contribution is 5.92. The summed E-state index contributed by atoms with van der Waals surface area (Å²) < 4.78 is 0. The third-order valence-corrected chi connectivity index (χ3v) is 4.85. The van der Waals surface area contributed by atoms with Crippen LogP contribution in [0.5, 0.6) is 0 Å². The minimum atomic E-state index is -0.548. The first-order valence-electron chi connectivity index (χ1n) is 8.94. The number of amides is 2. The van der Waals surface area contributed by atoms with Gasteiger partial charge in [-0.05, 0) is 49.2 Å². The Morgan fingerprint density at radius 3 is 2.50 bits per heavy atom. The van der Waals surface area contributed by atoms with Gasteiger partial charge in [-0.15, -0.1) is 0 Å². The van der Waals surface area contributed by atoms with Crippen LogP contribution < -0.4 is 16.0 Å². The molecule has 1 atom stereocenters. The van der Waals surface area contributed by atoms with Gasteiger partial charge in [0.2, 0.25) is 11.8 Å². The predicted octanol–water partition coefficient (Wildman–Crippen LogP) is 2.73.